The van der Waals surface area contributed by atoms with E-state index in [4.69, 9.17) is 35.3 Å². The van der Waals surface area contributed by atoms with E-state index >= 15 is 0 Å². The van der Waals surface area contributed by atoms with Gasteiger partial charge in [-0.25, -0.2) is 4.68 Å². The van der Waals surface area contributed by atoms with E-state index in [1.165, 1.54) is 0 Å². The van der Waals surface area contributed by atoms with Crippen LogP contribution in [0.4, 0.5) is 5.82 Å². The fourth-order valence-electron chi connectivity index (χ4n) is 1.66. The van der Waals surface area contributed by atoms with Crippen molar-refractivity contribution >= 4 is 34.6 Å². The quantitative estimate of drug-likeness (QED) is 0.817. The Hall–Kier alpha value is -1.59. The molecule has 4 nitrogen and oxygen atoms in total. The lowest BCUT2D eigenvalue weighted by atomic mass is 10.2. The minimum atomic E-state index is 0.235. The molecular weight excluding hydrogens is 256 g/mol. The van der Waals surface area contributed by atoms with Crippen molar-refractivity contribution in [2.45, 2.75) is 6.92 Å². The van der Waals surface area contributed by atoms with Crippen LogP contribution in [0.25, 0.3) is 5.69 Å². The van der Waals surface area contributed by atoms with Gasteiger partial charge in [0.05, 0.1) is 22.0 Å². The molecule has 0 aliphatic rings. The molecule has 2 rings (SSSR count). The predicted octanol–water partition coefficient (Wildman–Crippen LogP) is 2.05. The van der Waals surface area contributed by atoms with Gasteiger partial charge in [0.25, 0.3) is 0 Å². The van der Waals surface area contributed by atoms with Gasteiger partial charge in [0.1, 0.15) is 10.8 Å². The van der Waals surface area contributed by atoms with Gasteiger partial charge in [-0.15, -0.1) is 0 Å². The number of hydrogen-bond acceptors (Lipinski definition) is 3. The summed E-state index contributed by atoms with van der Waals surface area (Å²) in [4.78, 5) is 0.235. The first-order valence-corrected chi connectivity index (χ1v) is 5.70. The highest BCUT2D eigenvalue weighted by molar-refractivity contribution is 7.80. The van der Waals surface area contributed by atoms with Crippen molar-refractivity contribution in [3.8, 4) is 5.69 Å². The molecule has 0 saturated heterocycles. The number of nitrogen functional groups attached to an aromatic ring is 1. The van der Waals surface area contributed by atoms with Crippen LogP contribution < -0.4 is 11.5 Å². The van der Waals surface area contributed by atoms with Crippen molar-refractivity contribution < 1.29 is 0 Å². The summed E-state index contributed by atoms with van der Waals surface area (Å²) in [7, 11) is 0. The van der Waals surface area contributed by atoms with Gasteiger partial charge in [-0.3, -0.25) is 0 Å². The van der Waals surface area contributed by atoms with Gasteiger partial charge in [0, 0.05) is 0 Å². The molecule has 1 aromatic carbocycles. The summed E-state index contributed by atoms with van der Waals surface area (Å²) < 4.78 is 1.55. The Morgan fingerprint density at radius 3 is 2.59 bits per heavy atom. The lowest BCUT2D eigenvalue weighted by Gasteiger charge is -2.06. The first-order chi connectivity index (χ1) is 8.02. The van der Waals surface area contributed by atoms with Crippen molar-refractivity contribution in [1.29, 1.82) is 0 Å². The van der Waals surface area contributed by atoms with E-state index in [1.54, 1.807) is 17.7 Å². The number of aromatic nitrogens is 2. The minimum Gasteiger partial charge on any atom is -0.389 e. The van der Waals surface area contributed by atoms with Gasteiger partial charge >= 0.3 is 0 Å². The molecule has 6 heteroatoms. The van der Waals surface area contributed by atoms with Gasteiger partial charge in [0.2, 0.25) is 0 Å². The topological polar surface area (TPSA) is 69.9 Å². The fourth-order valence-corrected chi connectivity index (χ4v) is 2.12. The summed E-state index contributed by atoms with van der Waals surface area (Å²) in [6.45, 7) is 1.80. The number of hydrogen-bond donors (Lipinski definition) is 2. The van der Waals surface area contributed by atoms with Gasteiger partial charge in [0.15, 0.2) is 0 Å². The number of nitrogens with two attached hydrogens (primary N) is 2. The molecule has 0 bridgehead atoms. The zero-order valence-electron chi connectivity index (χ0n) is 9.14. The van der Waals surface area contributed by atoms with Crippen LogP contribution in [0.2, 0.25) is 5.02 Å². The molecule has 0 radical (unpaired) electrons. The smallest absolute Gasteiger partial charge is 0.137 e. The molecule has 1 heterocycles. The first kappa shape index (κ1) is 11.9. The highest BCUT2D eigenvalue weighted by Crippen LogP contribution is 2.25. The van der Waals surface area contributed by atoms with E-state index in [-0.39, 0.29) is 4.99 Å². The van der Waals surface area contributed by atoms with Gasteiger partial charge in [-0.1, -0.05) is 36.0 Å². The molecule has 0 fully saturated rings. The second-order valence-electron chi connectivity index (χ2n) is 3.57. The van der Waals surface area contributed by atoms with Crippen molar-refractivity contribution in [3.05, 3.63) is 40.5 Å². The maximum Gasteiger partial charge on any atom is 0.137 e. The minimum absolute atomic E-state index is 0.235. The molecule has 17 heavy (non-hydrogen) atoms. The lowest BCUT2D eigenvalue weighted by molar-refractivity contribution is 0.872. The van der Waals surface area contributed by atoms with Crippen molar-refractivity contribution in [2.24, 2.45) is 5.73 Å². The van der Waals surface area contributed by atoms with Crippen LogP contribution in [0.15, 0.2) is 24.3 Å². The molecular formula is C11H11ClN4S. The standard InChI is InChI=1S/C11H11ClN4S/c1-6-9(11(14)17)10(13)16(15-6)8-5-3-2-4-7(8)12/h2-5H,13H2,1H3,(H2,14,17). The van der Waals surface area contributed by atoms with Gasteiger partial charge < -0.3 is 11.5 Å². The molecule has 0 amide bonds. The Balaban J connectivity index is 2.66. The SMILES string of the molecule is Cc1nn(-c2ccccc2Cl)c(N)c1C(N)=S. The zero-order valence-corrected chi connectivity index (χ0v) is 10.7. The van der Waals surface area contributed by atoms with Crippen LogP contribution >= 0.6 is 23.8 Å². The number of benzene rings is 1. The molecule has 1 aromatic heterocycles. The van der Waals surface area contributed by atoms with Gasteiger partial charge in [-0.2, -0.15) is 5.10 Å². The third-order valence-corrected chi connectivity index (χ3v) is 2.95. The van der Waals surface area contributed by atoms with E-state index in [0.29, 0.717) is 27.8 Å². The molecule has 2 aromatic rings. The molecule has 88 valence electrons. The van der Waals surface area contributed by atoms with Crippen molar-refractivity contribution in [2.75, 3.05) is 5.73 Å². The third kappa shape index (κ3) is 1.99. The summed E-state index contributed by atoms with van der Waals surface area (Å²) in [6, 6.07) is 7.30. The van der Waals surface area contributed by atoms with Gasteiger partial charge in [-0.05, 0) is 19.1 Å². The molecule has 4 N–H and O–H groups in total. The molecule has 0 saturated carbocycles. The van der Waals surface area contributed by atoms with Crippen LogP contribution in [-0.2, 0) is 0 Å². The summed E-state index contributed by atoms with van der Waals surface area (Å²) in [6.07, 6.45) is 0. The first-order valence-electron chi connectivity index (χ1n) is 4.92. The highest BCUT2D eigenvalue weighted by atomic mass is 35.5. The van der Waals surface area contributed by atoms with Crippen LogP contribution in [0.5, 0.6) is 0 Å². The fraction of sp³-hybridized carbons (Fsp3) is 0.0909. The number of anilines is 1. The van der Waals surface area contributed by atoms with Crippen LogP contribution in [0, 0.1) is 6.92 Å². The summed E-state index contributed by atoms with van der Waals surface area (Å²) in [5.41, 5.74) is 13.6. The van der Waals surface area contributed by atoms with E-state index < -0.39 is 0 Å². The monoisotopic (exact) mass is 266 g/mol. The Bertz CT molecular complexity index is 591. The van der Waals surface area contributed by atoms with Crippen LogP contribution in [0.3, 0.4) is 0 Å². The number of nitrogens with zero attached hydrogens (tertiary/aromatic N) is 2. The highest BCUT2D eigenvalue weighted by Gasteiger charge is 2.16. The number of halogens is 1. The summed E-state index contributed by atoms with van der Waals surface area (Å²) in [5.74, 6) is 0.406. The summed E-state index contributed by atoms with van der Waals surface area (Å²) >= 11 is 11.0. The Kier molecular flexibility index (Phi) is 3.04. The van der Waals surface area contributed by atoms with E-state index in [0.717, 1.165) is 0 Å². The average molecular weight is 267 g/mol. The predicted molar refractivity (Wildman–Crippen MR) is 73.6 cm³/mol. The third-order valence-electron chi connectivity index (χ3n) is 2.42. The second-order valence-corrected chi connectivity index (χ2v) is 4.42. The van der Waals surface area contributed by atoms with E-state index in [2.05, 4.69) is 5.10 Å². The van der Waals surface area contributed by atoms with Crippen LogP contribution in [0.1, 0.15) is 11.3 Å². The largest absolute Gasteiger partial charge is 0.389 e. The molecule has 0 aliphatic heterocycles. The number of thiocarbonyl (C=S) groups is 1. The van der Waals surface area contributed by atoms with Crippen molar-refractivity contribution in [1.82, 2.24) is 9.78 Å². The average Bonchev–Trinajstić information content (AvgIpc) is 2.55. The second kappa shape index (κ2) is 4.35. The Morgan fingerprint density at radius 1 is 1.41 bits per heavy atom. The van der Waals surface area contributed by atoms with Crippen molar-refractivity contribution in [3.63, 3.8) is 0 Å². The van der Waals surface area contributed by atoms with E-state index in [9.17, 15) is 0 Å². The maximum absolute atomic E-state index is 6.09. The number of aryl methyl sites for hydroxylation is 1. The maximum atomic E-state index is 6.09. The number of rotatable bonds is 2. The molecule has 0 unspecified atom stereocenters. The normalized spacial score (nSPS) is 10.5. The van der Waals surface area contributed by atoms with E-state index in [1.807, 2.05) is 18.2 Å². The molecule has 0 aliphatic carbocycles. The molecule has 0 atom stereocenters. The Labute approximate surface area is 109 Å². The lowest BCUT2D eigenvalue weighted by Crippen LogP contribution is -2.13. The number of para-hydroxylation sites is 1. The molecule has 0 spiro atoms. The zero-order chi connectivity index (χ0) is 12.6. The van der Waals surface area contributed by atoms with Crippen LogP contribution in [-0.4, -0.2) is 14.8 Å². The Morgan fingerprint density at radius 2 is 2.06 bits per heavy atom. The summed E-state index contributed by atoms with van der Waals surface area (Å²) in [5, 5.41) is 4.87.